The van der Waals surface area contributed by atoms with E-state index in [0.29, 0.717) is 22.8 Å². The minimum Gasteiger partial charge on any atom is -0.321 e. The van der Waals surface area contributed by atoms with Crippen molar-refractivity contribution in [2.45, 2.75) is 25.5 Å². The van der Waals surface area contributed by atoms with Crippen LogP contribution in [0.4, 0.5) is 11.4 Å². The summed E-state index contributed by atoms with van der Waals surface area (Å²) in [6.45, 7) is 3.98. The number of hydrogen-bond donors (Lipinski definition) is 1. The highest BCUT2D eigenvalue weighted by Gasteiger charge is 2.40. The summed E-state index contributed by atoms with van der Waals surface area (Å²) in [5, 5.41) is 12.6. The van der Waals surface area contributed by atoms with E-state index in [4.69, 9.17) is 0 Å². The normalized spacial score (nSPS) is 16.9. The predicted octanol–water partition coefficient (Wildman–Crippen LogP) is 5.37. The number of nitriles is 1. The second-order valence-electron chi connectivity index (χ2n) is 7.92. The van der Waals surface area contributed by atoms with Gasteiger partial charge in [-0.25, -0.2) is 0 Å². The maximum atomic E-state index is 13.5. The Kier molecular flexibility index (Phi) is 6.62. The molecule has 0 saturated carbocycles. The molecule has 3 aromatic rings. The number of rotatable bonds is 5. The molecule has 164 valence electrons. The molecule has 1 aliphatic heterocycles. The summed E-state index contributed by atoms with van der Waals surface area (Å²) in [6.07, 6.45) is 0.510. The SMILES string of the molecule is Cc1ccc(N2C(=O)[C@@H](Cc3cccc(C)c3)S/C2=C(\C#N)C(=O)Nc2ccccc2)cc1. The van der Waals surface area contributed by atoms with E-state index in [1.807, 2.05) is 68.4 Å². The number of anilines is 2. The largest absolute Gasteiger partial charge is 0.321 e. The van der Waals surface area contributed by atoms with Crippen LogP contribution in [0.2, 0.25) is 0 Å². The number of nitrogens with one attached hydrogen (secondary N) is 1. The Morgan fingerprint density at radius 3 is 2.39 bits per heavy atom. The van der Waals surface area contributed by atoms with Gasteiger partial charge in [0, 0.05) is 11.4 Å². The number of benzene rings is 3. The molecule has 4 rings (SSSR count). The number of aryl methyl sites for hydroxylation is 2. The monoisotopic (exact) mass is 453 g/mol. The number of carbonyl (C=O) groups is 2. The highest BCUT2D eigenvalue weighted by Crippen LogP contribution is 2.42. The van der Waals surface area contributed by atoms with Gasteiger partial charge in [-0.15, -0.1) is 0 Å². The lowest BCUT2D eigenvalue weighted by molar-refractivity contribution is -0.117. The van der Waals surface area contributed by atoms with Crippen molar-refractivity contribution in [2.75, 3.05) is 10.2 Å². The van der Waals surface area contributed by atoms with Crippen LogP contribution in [-0.4, -0.2) is 17.1 Å². The predicted molar refractivity (Wildman–Crippen MR) is 133 cm³/mol. The average Bonchev–Trinajstić information content (AvgIpc) is 3.11. The summed E-state index contributed by atoms with van der Waals surface area (Å²) in [5.41, 5.74) is 4.36. The molecule has 5 nitrogen and oxygen atoms in total. The van der Waals surface area contributed by atoms with E-state index in [1.165, 1.54) is 16.7 Å². The second-order valence-corrected chi connectivity index (χ2v) is 9.11. The molecular weight excluding hydrogens is 430 g/mol. The Labute approximate surface area is 197 Å². The highest BCUT2D eigenvalue weighted by atomic mass is 32.2. The van der Waals surface area contributed by atoms with Crippen molar-refractivity contribution in [2.24, 2.45) is 0 Å². The van der Waals surface area contributed by atoms with E-state index in [-0.39, 0.29) is 11.5 Å². The zero-order valence-corrected chi connectivity index (χ0v) is 19.2. The summed E-state index contributed by atoms with van der Waals surface area (Å²) in [7, 11) is 0. The molecule has 1 heterocycles. The molecule has 0 aromatic heterocycles. The number of nitrogens with zero attached hydrogens (tertiary/aromatic N) is 2. The minimum atomic E-state index is -0.535. The molecule has 1 fully saturated rings. The van der Waals surface area contributed by atoms with Crippen LogP contribution in [0.5, 0.6) is 0 Å². The zero-order chi connectivity index (χ0) is 23.4. The van der Waals surface area contributed by atoms with Crippen molar-refractivity contribution in [3.8, 4) is 6.07 Å². The third kappa shape index (κ3) is 5.00. The van der Waals surface area contributed by atoms with Gasteiger partial charge in [-0.2, -0.15) is 5.26 Å². The first-order valence-electron chi connectivity index (χ1n) is 10.6. The van der Waals surface area contributed by atoms with Gasteiger partial charge in [0.1, 0.15) is 16.7 Å². The van der Waals surface area contributed by atoms with Gasteiger partial charge in [-0.3, -0.25) is 14.5 Å². The van der Waals surface area contributed by atoms with E-state index >= 15 is 0 Å². The molecule has 1 N–H and O–H groups in total. The molecule has 0 spiro atoms. The van der Waals surface area contributed by atoms with Gasteiger partial charge in [-0.1, -0.05) is 77.5 Å². The molecule has 2 amide bonds. The molecule has 0 aliphatic carbocycles. The third-order valence-electron chi connectivity index (χ3n) is 5.33. The van der Waals surface area contributed by atoms with Gasteiger partial charge < -0.3 is 5.32 Å². The van der Waals surface area contributed by atoms with Crippen molar-refractivity contribution in [3.63, 3.8) is 0 Å². The van der Waals surface area contributed by atoms with Crippen LogP contribution in [0.3, 0.4) is 0 Å². The Balaban J connectivity index is 1.73. The Bertz CT molecular complexity index is 1260. The fourth-order valence-electron chi connectivity index (χ4n) is 3.68. The Morgan fingerprint density at radius 2 is 1.73 bits per heavy atom. The summed E-state index contributed by atoms with van der Waals surface area (Å²) >= 11 is 1.27. The highest BCUT2D eigenvalue weighted by molar-refractivity contribution is 8.05. The molecule has 6 heteroatoms. The lowest BCUT2D eigenvalue weighted by Crippen LogP contribution is -2.30. The lowest BCUT2D eigenvalue weighted by atomic mass is 10.1. The quantitative estimate of drug-likeness (QED) is 0.416. The first kappa shape index (κ1) is 22.4. The molecular formula is C27H23N3O2S. The first-order chi connectivity index (χ1) is 16.0. The second kappa shape index (κ2) is 9.76. The topological polar surface area (TPSA) is 73.2 Å². The maximum Gasteiger partial charge on any atom is 0.269 e. The van der Waals surface area contributed by atoms with Gasteiger partial charge in [0.05, 0.1) is 5.25 Å². The molecule has 0 unspecified atom stereocenters. The molecule has 1 aliphatic rings. The Morgan fingerprint density at radius 1 is 1.00 bits per heavy atom. The van der Waals surface area contributed by atoms with Gasteiger partial charge in [-0.05, 0) is 50.1 Å². The maximum absolute atomic E-state index is 13.5. The minimum absolute atomic E-state index is 0.0791. The van der Waals surface area contributed by atoms with Crippen molar-refractivity contribution < 1.29 is 9.59 Å². The fraction of sp³-hybridized carbons (Fsp3) is 0.148. The van der Waals surface area contributed by atoms with Crippen molar-refractivity contribution >= 4 is 35.0 Å². The van der Waals surface area contributed by atoms with Crippen molar-refractivity contribution in [1.29, 1.82) is 5.26 Å². The summed E-state index contributed by atoms with van der Waals surface area (Å²) < 4.78 is 0. The van der Waals surface area contributed by atoms with E-state index in [1.54, 1.807) is 24.3 Å². The van der Waals surface area contributed by atoms with Crippen LogP contribution < -0.4 is 10.2 Å². The molecule has 1 saturated heterocycles. The van der Waals surface area contributed by atoms with Gasteiger partial charge >= 0.3 is 0 Å². The first-order valence-corrected chi connectivity index (χ1v) is 11.5. The molecule has 3 aromatic carbocycles. The molecule has 0 bridgehead atoms. The van der Waals surface area contributed by atoms with E-state index in [2.05, 4.69) is 11.4 Å². The van der Waals surface area contributed by atoms with Crippen LogP contribution in [0.1, 0.15) is 16.7 Å². The zero-order valence-electron chi connectivity index (χ0n) is 18.4. The van der Waals surface area contributed by atoms with Crippen molar-refractivity contribution in [1.82, 2.24) is 0 Å². The third-order valence-corrected chi connectivity index (χ3v) is 6.60. The standard InChI is InChI=1S/C27H23N3O2S/c1-18-11-13-22(14-12-18)30-26(32)24(16-20-8-6-7-19(2)15-20)33-27(30)23(17-28)25(31)29-21-9-4-3-5-10-21/h3-15,24H,16H2,1-2H3,(H,29,31)/b27-23+/t24-/m1/s1. The van der Waals surface area contributed by atoms with Crippen LogP contribution >= 0.6 is 11.8 Å². The van der Waals surface area contributed by atoms with E-state index in [0.717, 1.165) is 16.7 Å². The molecule has 1 atom stereocenters. The average molecular weight is 454 g/mol. The van der Waals surface area contributed by atoms with Crippen LogP contribution in [0.25, 0.3) is 0 Å². The van der Waals surface area contributed by atoms with Crippen molar-refractivity contribution in [3.05, 3.63) is 106 Å². The number of thioether (sulfide) groups is 1. The van der Waals surface area contributed by atoms with E-state index < -0.39 is 11.2 Å². The molecule has 0 radical (unpaired) electrons. The van der Waals surface area contributed by atoms with Crippen LogP contribution in [-0.2, 0) is 16.0 Å². The van der Waals surface area contributed by atoms with E-state index in [9.17, 15) is 14.9 Å². The lowest BCUT2D eigenvalue weighted by Gasteiger charge is -2.19. The molecule has 33 heavy (non-hydrogen) atoms. The smallest absolute Gasteiger partial charge is 0.269 e. The van der Waals surface area contributed by atoms with Gasteiger partial charge in [0.25, 0.3) is 5.91 Å². The summed E-state index contributed by atoms with van der Waals surface area (Å²) in [4.78, 5) is 28.1. The van der Waals surface area contributed by atoms with Gasteiger partial charge in [0.2, 0.25) is 5.91 Å². The summed E-state index contributed by atoms with van der Waals surface area (Å²) in [5.74, 6) is -0.673. The summed E-state index contributed by atoms with van der Waals surface area (Å²) in [6, 6.07) is 26.5. The van der Waals surface area contributed by atoms with Gasteiger partial charge in [0.15, 0.2) is 0 Å². The number of carbonyl (C=O) groups excluding carboxylic acids is 2. The number of hydrogen-bond acceptors (Lipinski definition) is 4. The van der Waals surface area contributed by atoms with Crippen LogP contribution in [0.15, 0.2) is 89.5 Å². The number of amides is 2. The number of para-hydroxylation sites is 1. The van der Waals surface area contributed by atoms with Crippen LogP contribution in [0, 0.1) is 25.2 Å². The fourth-order valence-corrected chi connectivity index (χ4v) is 4.99. The Hall–Kier alpha value is -3.82.